The van der Waals surface area contributed by atoms with Gasteiger partial charge >= 0.3 is 5.97 Å². The number of methoxy groups -OCH3 is 1. The Kier molecular flexibility index (Phi) is 5.98. The number of hydrogen-bond acceptors (Lipinski definition) is 4. The Hall–Kier alpha value is -2.34. The molecule has 1 atom stereocenters. The third-order valence-electron chi connectivity index (χ3n) is 3.38. The summed E-state index contributed by atoms with van der Waals surface area (Å²) in [4.78, 5) is 26.2. The van der Waals surface area contributed by atoms with E-state index >= 15 is 0 Å². The number of carbonyl (C=O) groups excluding carboxylic acids is 2. The molecular formula is C18H18BrNO4. The molecule has 2 aromatic carbocycles. The van der Waals surface area contributed by atoms with Gasteiger partial charge in [-0.1, -0.05) is 30.3 Å². The fourth-order valence-electron chi connectivity index (χ4n) is 2.09. The fraction of sp³-hybridized carbons (Fsp3) is 0.222. The molecule has 0 spiro atoms. The Balaban J connectivity index is 2.27. The number of amides is 1. The van der Waals surface area contributed by atoms with Crippen molar-refractivity contribution in [2.75, 3.05) is 21.2 Å². The highest BCUT2D eigenvalue weighted by Gasteiger charge is 2.27. The highest BCUT2D eigenvalue weighted by Crippen LogP contribution is 2.27. The summed E-state index contributed by atoms with van der Waals surface area (Å²) >= 11 is 3.33. The number of hydrogen-bond donors (Lipinski definition) is 0. The van der Waals surface area contributed by atoms with Crippen LogP contribution in [-0.2, 0) is 9.53 Å². The van der Waals surface area contributed by atoms with Gasteiger partial charge in [-0.2, -0.15) is 0 Å². The number of rotatable bonds is 5. The van der Waals surface area contributed by atoms with Crippen molar-refractivity contribution < 1.29 is 19.1 Å². The standard InChI is InChI=1S/C18H18BrNO4/c1-20(2)17(21)16(12-7-5-4-6-8-12)24-18(22)13-9-10-15(23-3)14(19)11-13/h4-11,16H,1-3H3. The normalized spacial score (nSPS) is 11.5. The lowest BCUT2D eigenvalue weighted by atomic mass is 10.1. The van der Waals surface area contributed by atoms with E-state index in [2.05, 4.69) is 15.9 Å². The molecule has 2 aromatic rings. The van der Waals surface area contributed by atoms with Gasteiger partial charge in [0.15, 0.2) is 0 Å². The van der Waals surface area contributed by atoms with Crippen LogP contribution in [0.5, 0.6) is 5.75 Å². The molecule has 0 N–H and O–H groups in total. The smallest absolute Gasteiger partial charge is 0.339 e. The van der Waals surface area contributed by atoms with Gasteiger partial charge in [0, 0.05) is 19.7 Å². The largest absolute Gasteiger partial charge is 0.496 e. The summed E-state index contributed by atoms with van der Waals surface area (Å²) in [6.45, 7) is 0. The molecule has 0 saturated carbocycles. The van der Waals surface area contributed by atoms with Gasteiger partial charge in [-0.3, -0.25) is 4.79 Å². The second-order valence-electron chi connectivity index (χ2n) is 5.28. The Morgan fingerprint density at radius 1 is 1.08 bits per heavy atom. The maximum Gasteiger partial charge on any atom is 0.339 e. The van der Waals surface area contributed by atoms with E-state index in [4.69, 9.17) is 9.47 Å². The number of ether oxygens (including phenoxy) is 2. The molecule has 24 heavy (non-hydrogen) atoms. The van der Waals surface area contributed by atoms with Gasteiger partial charge < -0.3 is 14.4 Å². The van der Waals surface area contributed by atoms with E-state index in [-0.39, 0.29) is 5.91 Å². The molecule has 0 radical (unpaired) electrons. The number of halogens is 1. The summed E-state index contributed by atoms with van der Waals surface area (Å²) in [6, 6.07) is 13.8. The van der Waals surface area contributed by atoms with Crippen molar-refractivity contribution in [3.63, 3.8) is 0 Å². The van der Waals surface area contributed by atoms with Crippen LogP contribution in [0.3, 0.4) is 0 Å². The van der Waals surface area contributed by atoms with Crippen LogP contribution in [0.1, 0.15) is 22.0 Å². The molecule has 0 aliphatic heterocycles. The molecule has 2 rings (SSSR count). The number of carbonyl (C=O) groups is 2. The Bertz CT molecular complexity index is 731. The molecule has 0 aromatic heterocycles. The van der Waals surface area contributed by atoms with Crippen molar-refractivity contribution >= 4 is 27.8 Å². The van der Waals surface area contributed by atoms with Crippen molar-refractivity contribution in [1.82, 2.24) is 4.90 Å². The Labute approximate surface area is 149 Å². The summed E-state index contributed by atoms with van der Waals surface area (Å²) in [5.41, 5.74) is 0.951. The molecule has 1 amide bonds. The molecule has 0 bridgehead atoms. The average molecular weight is 392 g/mol. The number of likely N-dealkylation sites (N-methyl/N-ethyl adjacent to an activating group) is 1. The van der Waals surface area contributed by atoms with Crippen molar-refractivity contribution in [1.29, 1.82) is 0 Å². The predicted octanol–water partition coefficient (Wildman–Crippen LogP) is 3.44. The van der Waals surface area contributed by atoms with E-state index in [0.29, 0.717) is 21.3 Å². The van der Waals surface area contributed by atoms with Gasteiger partial charge in [0.1, 0.15) is 5.75 Å². The van der Waals surface area contributed by atoms with E-state index in [0.717, 1.165) is 0 Å². The van der Waals surface area contributed by atoms with Crippen molar-refractivity contribution in [2.45, 2.75) is 6.10 Å². The average Bonchev–Trinajstić information content (AvgIpc) is 2.59. The van der Waals surface area contributed by atoms with Crippen LogP contribution >= 0.6 is 15.9 Å². The zero-order valence-corrected chi connectivity index (χ0v) is 15.2. The maximum atomic E-state index is 12.5. The molecular weight excluding hydrogens is 374 g/mol. The minimum Gasteiger partial charge on any atom is -0.496 e. The fourth-order valence-corrected chi connectivity index (χ4v) is 2.63. The van der Waals surface area contributed by atoms with E-state index in [9.17, 15) is 9.59 Å². The van der Waals surface area contributed by atoms with E-state index in [1.165, 1.54) is 4.90 Å². The van der Waals surface area contributed by atoms with E-state index < -0.39 is 12.1 Å². The Morgan fingerprint density at radius 3 is 2.29 bits per heavy atom. The molecule has 5 nitrogen and oxygen atoms in total. The summed E-state index contributed by atoms with van der Waals surface area (Å²) in [7, 11) is 4.78. The first kappa shape index (κ1) is 18.0. The van der Waals surface area contributed by atoms with E-state index in [1.54, 1.807) is 63.7 Å². The molecule has 126 valence electrons. The molecule has 0 saturated heterocycles. The zero-order chi connectivity index (χ0) is 17.7. The molecule has 1 unspecified atom stereocenters. The number of esters is 1. The summed E-state index contributed by atoms with van der Waals surface area (Å²) < 4.78 is 11.3. The van der Waals surface area contributed by atoms with Crippen LogP contribution in [0.25, 0.3) is 0 Å². The molecule has 6 heteroatoms. The quantitative estimate of drug-likeness (QED) is 0.732. The van der Waals surface area contributed by atoms with Gasteiger partial charge in [-0.15, -0.1) is 0 Å². The van der Waals surface area contributed by atoms with Gasteiger partial charge in [0.05, 0.1) is 17.1 Å². The number of nitrogens with zero attached hydrogens (tertiary/aromatic N) is 1. The summed E-state index contributed by atoms with van der Waals surface area (Å²) in [5, 5.41) is 0. The monoisotopic (exact) mass is 391 g/mol. The van der Waals surface area contributed by atoms with Crippen LogP contribution in [0, 0.1) is 0 Å². The van der Waals surface area contributed by atoms with Crippen LogP contribution in [0.4, 0.5) is 0 Å². The second kappa shape index (κ2) is 7.97. The first-order valence-electron chi connectivity index (χ1n) is 7.24. The van der Waals surface area contributed by atoms with Gasteiger partial charge in [-0.05, 0) is 34.1 Å². The van der Waals surface area contributed by atoms with Crippen molar-refractivity contribution in [2.24, 2.45) is 0 Å². The summed E-state index contributed by atoms with van der Waals surface area (Å²) in [5.74, 6) is -0.278. The SMILES string of the molecule is COc1ccc(C(=O)OC(C(=O)N(C)C)c2ccccc2)cc1Br. The highest BCUT2D eigenvalue weighted by atomic mass is 79.9. The Morgan fingerprint density at radius 2 is 1.75 bits per heavy atom. The lowest BCUT2D eigenvalue weighted by molar-refractivity contribution is -0.138. The van der Waals surface area contributed by atoms with E-state index in [1.807, 2.05) is 6.07 Å². The highest BCUT2D eigenvalue weighted by molar-refractivity contribution is 9.10. The van der Waals surface area contributed by atoms with Gasteiger partial charge in [0.2, 0.25) is 6.10 Å². The third kappa shape index (κ3) is 4.14. The first-order chi connectivity index (χ1) is 11.4. The minimum atomic E-state index is -0.991. The van der Waals surface area contributed by atoms with Crippen molar-refractivity contribution in [3.8, 4) is 5.75 Å². The maximum absolute atomic E-state index is 12.5. The molecule has 0 aliphatic rings. The van der Waals surface area contributed by atoms with Gasteiger partial charge in [-0.25, -0.2) is 4.79 Å². The lowest BCUT2D eigenvalue weighted by Crippen LogP contribution is -2.31. The molecule has 0 fully saturated rings. The lowest BCUT2D eigenvalue weighted by Gasteiger charge is -2.21. The van der Waals surface area contributed by atoms with Crippen molar-refractivity contribution in [3.05, 3.63) is 64.1 Å². The topological polar surface area (TPSA) is 55.8 Å². The van der Waals surface area contributed by atoms with Crippen LogP contribution in [-0.4, -0.2) is 38.0 Å². The van der Waals surface area contributed by atoms with Crippen LogP contribution < -0.4 is 4.74 Å². The number of benzene rings is 2. The predicted molar refractivity (Wildman–Crippen MR) is 94.0 cm³/mol. The van der Waals surface area contributed by atoms with Crippen LogP contribution in [0.15, 0.2) is 53.0 Å². The molecule has 0 aliphatic carbocycles. The summed E-state index contributed by atoms with van der Waals surface area (Å²) in [6.07, 6.45) is -0.991. The zero-order valence-electron chi connectivity index (χ0n) is 13.7. The minimum absolute atomic E-state index is 0.304. The van der Waals surface area contributed by atoms with Gasteiger partial charge in [0.25, 0.3) is 5.91 Å². The second-order valence-corrected chi connectivity index (χ2v) is 6.13. The third-order valence-corrected chi connectivity index (χ3v) is 4.00. The first-order valence-corrected chi connectivity index (χ1v) is 8.04. The van der Waals surface area contributed by atoms with Crippen LogP contribution in [0.2, 0.25) is 0 Å². The molecule has 0 heterocycles.